The lowest BCUT2D eigenvalue weighted by molar-refractivity contribution is 0.996. The van der Waals surface area contributed by atoms with Crippen LogP contribution in [-0.4, -0.2) is 15.0 Å². The van der Waals surface area contributed by atoms with Gasteiger partial charge in [0.2, 0.25) is 16.5 Å². The van der Waals surface area contributed by atoms with E-state index in [2.05, 4.69) is 52.3 Å². The lowest BCUT2D eigenvalue weighted by atomic mass is 10.1. The number of hydrogen-bond donors (Lipinski definition) is 1. The van der Waals surface area contributed by atoms with E-state index in [0.717, 1.165) is 0 Å². The van der Waals surface area contributed by atoms with Crippen LogP contribution in [0.15, 0.2) is 18.2 Å². The van der Waals surface area contributed by atoms with Crippen LogP contribution in [0.25, 0.3) is 0 Å². The molecule has 0 atom stereocenters. The molecule has 0 bridgehead atoms. The second kappa shape index (κ2) is 5.50. The number of nitrogens with zero attached hydrogens (tertiary/aromatic N) is 3. The summed E-state index contributed by atoms with van der Waals surface area (Å²) in [5, 5.41) is 3.23. The number of aromatic nitrogens is 3. The number of hydrogen-bond acceptors (Lipinski definition) is 4. The molecule has 0 saturated heterocycles. The molecular weight excluding hydrogens is 271 g/mol. The zero-order chi connectivity index (χ0) is 13.1. The van der Waals surface area contributed by atoms with Crippen LogP contribution in [0.3, 0.4) is 0 Å². The minimum Gasteiger partial charge on any atom is -0.350 e. The Bertz CT molecular complexity index is 552. The average molecular weight is 283 g/mol. The second-order valence-electron chi connectivity index (χ2n) is 3.98. The third-order valence-corrected chi connectivity index (χ3v) is 2.85. The zero-order valence-electron chi connectivity index (χ0n) is 10.0. The van der Waals surface area contributed by atoms with E-state index in [1.54, 1.807) is 0 Å². The van der Waals surface area contributed by atoms with E-state index in [1.165, 1.54) is 16.7 Å². The van der Waals surface area contributed by atoms with Gasteiger partial charge in [0.1, 0.15) is 0 Å². The molecule has 0 aliphatic heterocycles. The topological polar surface area (TPSA) is 50.7 Å². The van der Waals surface area contributed by atoms with E-state index in [4.69, 9.17) is 23.2 Å². The van der Waals surface area contributed by atoms with Crippen LogP contribution in [0, 0.1) is 13.8 Å². The van der Waals surface area contributed by atoms with Gasteiger partial charge in [-0.25, -0.2) is 0 Å². The molecule has 18 heavy (non-hydrogen) atoms. The summed E-state index contributed by atoms with van der Waals surface area (Å²) in [5.74, 6) is 0.375. The highest BCUT2D eigenvalue weighted by Crippen LogP contribution is 2.14. The van der Waals surface area contributed by atoms with Gasteiger partial charge in [-0.3, -0.25) is 0 Å². The van der Waals surface area contributed by atoms with Crippen molar-refractivity contribution >= 4 is 29.2 Å². The summed E-state index contributed by atoms with van der Waals surface area (Å²) in [5.41, 5.74) is 3.63. The van der Waals surface area contributed by atoms with E-state index in [9.17, 15) is 0 Å². The second-order valence-corrected chi connectivity index (χ2v) is 4.66. The summed E-state index contributed by atoms with van der Waals surface area (Å²) < 4.78 is 0. The van der Waals surface area contributed by atoms with Gasteiger partial charge in [-0.1, -0.05) is 23.8 Å². The molecule has 2 rings (SSSR count). The molecule has 1 aromatic carbocycles. The molecule has 1 N–H and O–H groups in total. The zero-order valence-corrected chi connectivity index (χ0v) is 11.5. The smallest absolute Gasteiger partial charge is 0.228 e. The van der Waals surface area contributed by atoms with Gasteiger partial charge in [0.05, 0.1) is 0 Å². The van der Waals surface area contributed by atoms with Gasteiger partial charge in [-0.15, -0.1) is 0 Å². The number of benzene rings is 1. The molecule has 1 heterocycles. The standard InChI is InChI=1S/C12H12Cl2N4/c1-7-3-4-9(8(2)5-7)6-15-12-17-10(13)16-11(14)18-12/h3-5H,6H2,1-2H3,(H,15,16,17,18). The van der Waals surface area contributed by atoms with Crippen molar-refractivity contribution in [1.29, 1.82) is 0 Å². The Morgan fingerprint density at radius 1 is 1.06 bits per heavy atom. The Hall–Kier alpha value is -1.39. The molecule has 4 nitrogen and oxygen atoms in total. The molecule has 0 unspecified atom stereocenters. The van der Waals surface area contributed by atoms with Crippen molar-refractivity contribution in [3.8, 4) is 0 Å². The van der Waals surface area contributed by atoms with Crippen LogP contribution in [-0.2, 0) is 6.54 Å². The Morgan fingerprint density at radius 3 is 2.33 bits per heavy atom. The third-order valence-electron chi connectivity index (χ3n) is 2.52. The third kappa shape index (κ3) is 3.31. The van der Waals surface area contributed by atoms with Crippen molar-refractivity contribution in [2.45, 2.75) is 20.4 Å². The maximum absolute atomic E-state index is 5.70. The first-order chi connectivity index (χ1) is 8.54. The van der Waals surface area contributed by atoms with Crippen LogP contribution in [0.5, 0.6) is 0 Å². The Kier molecular flexibility index (Phi) is 3.99. The van der Waals surface area contributed by atoms with Crippen LogP contribution >= 0.6 is 23.2 Å². The number of aryl methyl sites for hydroxylation is 2. The molecule has 0 aliphatic rings. The van der Waals surface area contributed by atoms with Gasteiger partial charge in [0.25, 0.3) is 0 Å². The van der Waals surface area contributed by atoms with E-state index >= 15 is 0 Å². The first-order valence-corrected chi connectivity index (χ1v) is 6.17. The van der Waals surface area contributed by atoms with Gasteiger partial charge in [-0.2, -0.15) is 15.0 Å². The average Bonchev–Trinajstić information content (AvgIpc) is 2.26. The fourth-order valence-corrected chi connectivity index (χ4v) is 1.99. The molecule has 94 valence electrons. The van der Waals surface area contributed by atoms with E-state index in [0.29, 0.717) is 12.5 Å². The minimum atomic E-state index is 0.0816. The van der Waals surface area contributed by atoms with Gasteiger partial charge < -0.3 is 5.32 Å². The Labute approximate surface area is 115 Å². The highest BCUT2D eigenvalue weighted by atomic mass is 35.5. The molecule has 0 radical (unpaired) electrons. The normalized spacial score (nSPS) is 10.4. The summed E-state index contributed by atoms with van der Waals surface area (Å²) in [6, 6.07) is 6.27. The number of halogens is 2. The largest absolute Gasteiger partial charge is 0.350 e. The number of anilines is 1. The van der Waals surface area contributed by atoms with E-state index in [1.807, 2.05) is 0 Å². The summed E-state index contributed by atoms with van der Waals surface area (Å²) >= 11 is 11.4. The van der Waals surface area contributed by atoms with Gasteiger partial charge in [0.15, 0.2) is 0 Å². The van der Waals surface area contributed by atoms with Crippen molar-refractivity contribution in [3.05, 3.63) is 45.5 Å². The molecule has 2 aromatic rings. The van der Waals surface area contributed by atoms with Crippen molar-refractivity contribution < 1.29 is 0 Å². The SMILES string of the molecule is Cc1ccc(CNc2nc(Cl)nc(Cl)n2)c(C)c1. The molecule has 0 aliphatic carbocycles. The van der Waals surface area contributed by atoms with Crippen molar-refractivity contribution in [2.24, 2.45) is 0 Å². The highest BCUT2D eigenvalue weighted by Gasteiger charge is 2.04. The lowest BCUT2D eigenvalue weighted by Crippen LogP contribution is -2.06. The summed E-state index contributed by atoms with van der Waals surface area (Å²) in [4.78, 5) is 11.6. The monoisotopic (exact) mass is 282 g/mol. The summed E-state index contributed by atoms with van der Waals surface area (Å²) in [6.45, 7) is 4.75. The van der Waals surface area contributed by atoms with E-state index in [-0.39, 0.29) is 10.6 Å². The van der Waals surface area contributed by atoms with Crippen molar-refractivity contribution in [1.82, 2.24) is 15.0 Å². The van der Waals surface area contributed by atoms with Crippen LogP contribution in [0.2, 0.25) is 10.6 Å². The van der Waals surface area contributed by atoms with Crippen molar-refractivity contribution in [3.63, 3.8) is 0 Å². The maximum atomic E-state index is 5.70. The highest BCUT2D eigenvalue weighted by molar-refractivity contribution is 6.31. The fourth-order valence-electron chi connectivity index (χ4n) is 1.62. The minimum absolute atomic E-state index is 0.0816. The Morgan fingerprint density at radius 2 is 1.72 bits per heavy atom. The van der Waals surface area contributed by atoms with Gasteiger partial charge >= 0.3 is 0 Å². The lowest BCUT2D eigenvalue weighted by Gasteiger charge is -2.08. The predicted molar refractivity (Wildman–Crippen MR) is 73.1 cm³/mol. The molecule has 0 amide bonds. The summed E-state index contributed by atoms with van der Waals surface area (Å²) in [7, 11) is 0. The quantitative estimate of drug-likeness (QED) is 0.937. The molecule has 0 fully saturated rings. The van der Waals surface area contributed by atoms with Gasteiger partial charge in [-0.05, 0) is 48.2 Å². The molecule has 6 heteroatoms. The number of nitrogens with one attached hydrogen (secondary N) is 1. The Balaban J connectivity index is 2.11. The fraction of sp³-hybridized carbons (Fsp3) is 0.250. The summed E-state index contributed by atoms with van der Waals surface area (Å²) in [6.07, 6.45) is 0. The molecule has 0 spiro atoms. The first-order valence-electron chi connectivity index (χ1n) is 5.41. The van der Waals surface area contributed by atoms with Gasteiger partial charge in [0, 0.05) is 6.54 Å². The molecule has 0 saturated carbocycles. The number of rotatable bonds is 3. The predicted octanol–water partition coefficient (Wildman–Crippen LogP) is 3.41. The van der Waals surface area contributed by atoms with Crippen LogP contribution in [0.1, 0.15) is 16.7 Å². The van der Waals surface area contributed by atoms with E-state index < -0.39 is 0 Å². The molecule has 1 aromatic heterocycles. The molecular formula is C12H12Cl2N4. The first kappa shape index (κ1) is 13.1. The maximum Gasteiger partial charge on any atom is 0.228 e. The van der Waals surface area contributed by atoms with Crippen LogP contribution < -0.4 is 5.32 Å². The van der Waals surface area contributed by atoms with Crippen LogP contribution in [0.4, 0.5) is 5.95 Å². The van der Waals surface area contributed by atoms with Crippen molar-refractivity contribution in [2.75, 3.05) is 5.32 Å².